The Balaban J connectivity index is 2.16. The van der Waals surface area contributed by atoms with Gasteiger partial charge in [-0.15, -0.1) is 0 Å². The zero-order valence-electron chi connectivity index (χ0n) is 28.8. The third-order valence-electron chi connectivity index (χ3n) is 8.51. The molecular formula is C37H67NO8. The van der Waals surface area contributed by atoms with E-state index in [0.717, 1.165) is 25.7 Å². The summed E-state index contributed by atoms with van der Waals surface area (Å²) >= 11 is 0. The van der Waals surface area contributed by atoms with Gasteiger partial charge < -0.3 is 40.3 Å². The molecule has 1 rings (SSSR count). The molecule has 1 fully saturated rings. The number of hydrogen-bond donors (Lipinski definition) is 6. The van der Waals surface area contributed by atoms with E-state index in [1.54, 1.807) is 13.0 Å². The molecule has 7 atom stereocenters. The molecule has 0 spiro atoms. The van der Waals surface area contributed by atoms with E-state index in [2.05, 4.69) is 36.5 Å². The van der Waals surface area contributed by atoms with Crippen LogP contribution < -0.4 is 5.32 Å². The van der Waals surface area contributed by atoms with Gasteiger partial charge in [-0.05, 0) is 38.5 Å². The van der Waals surface area contributed by atoms with E-state index in [9.17, 15) is 30.3 Å². The first-order valence-corrected chi connectivity index (χ1v) is 18.2. The van der Waals surface area contributed by atoms with Gasteiger partial charge in [0.15, 0.2) is 6.29 Å². The molecule has 0 aromatic heterocycles. The molecule has 1 aliphatic heterocycles. The monoisotopic (exact) mass is 653 g/mol. The van der Waals surface area contributed by atoms with Crippen LogP contribution >= 0.6 is 0 Å². The number of hydrogen-bond acceptors (Lipinski definition) is 8. The quantitative estimate of drug-likeness (QED) is 0.0461. The average Bonchev–Trinajstić information content (AvgIpc) is 3.06. The third-order valence-corrected chi connectivity index (χ3v) is 8.51. The molecule has 46 heavy (non-hydrogen) atoms. The number of aliphatic hydroxyl groups excluding tert-OH is 5. The van der Waals surface area contributed by atoms with Crippen LogP contribution in [-0.4, -0.2) is 87.5 Å². The molecule has 268 valence electrons. The summed E-state index contributed by atoms with van der Waals surface area (Å²) in [5.41, 5.74) is 0. The standard InChI is InChI=1S/C37H67NO8/c1-3-5-6-7-8-9-10-11-12-13-14-15-16-17-18-19-20-21-22-23-24-25-26-27-31(40)30(38-33(41)4-2)29-45-37-36(44)35(43)34(42)32(28-39)46-37/h18-19,22-23,26-27,30-32,34-37,39-40,42-44H,3-17,20-21,24-25,28-29H2,1-2H3,(H,38,41)/b19-18+,23-22+,27-26+. The number of carbonyl (C=O) groups is 1. The van der Waals surface area contributed by atoms with Crippen molar-refractivity contribution in [2.45, 2.75) is 179 Å². The van der Waals surface area contributed by atoms with Crippen molar-refractivity contribution in [2.75, 3.05) is 13.2 Å². The minimum Gasteiger partial charge on any atom is -0.394 e. The van der Waals surface area contributed by atoms with E-state index < -0.39 is 49.5 Å². The molecule has 0 aromatic rings. The molecule has 9 nitrogen and oxygen atoms in total. The predicted molar refractivity (Wildman–Crippen MR) is 184 cm³/mol. The number of nitrogens with one attached hydrogen (secondary N) is 1. The molecule has 6 N–H and O–H groups in total. The molecule has 1 saturated heterocycles. The minimum atomic E-state index is -1.57. The SMILES string of the molecule is CCCCCCCCCCCCCCC/C=C/CC/C=C/CC/C=C/C(O)C(COC1OC(CO)C(O)C(O)C1O)NC(=O)CC. The molecule has 0 saturated carbocycles. The Hall–Kier alpha value is -1.59. The van der Waals surface area contributed by atoms with Gasteiger partial charge in [-0.3, -0.25) is 4.79 Å². The fraction of sp³-hybridized carbons (Fsp3) is 0.811. The van der Waals surface area contributed by atoms with Gasteiger partial charge in [-0.1, -0.05) is 127 Å². The molecule has 1 aliphatic rings. The highest BCUT2D eigenvalue weighted by Crippen LogP contribution is 2.22. The van der Waals surface area contributed by atoms with Gasteiger partial charge in [0, 0.05) is 6.42 Å². The fourth-order valence-corrected chi connectivity index (χ4v) is 5.44. The molecular weight excluding hydrogens is 586 g/mol. The first-order valence-electron chi connectivity index (χ1n) is 18.2. The number of rotatable bonds is 28. The summed E-state index contributed by atoms with van der Waals surface area (Å²) in [7, 11) is 0. The van der Waals surface area contributed by atoms with Gasteiger partial charge in [0.05, 0.1) is 25.4 Å². The molecule has 0 bridgehead atoms. The second-order valence-corrected chi connectivity index (χ2v) is 12.6. The Bertz CT molecular complexity index is 817. The highest BCUT2D eigenvalue weighted by Gasteiger charge is 2.44. The number of amides is 1. The largest absolute Gasteiger partial charge is 0.394 e. The third kappa shape index (κ3) is 19.9. The van der Waals surface area contributed by atoms with Crippen LogP contribution in [0.2, 0.25) is 0 Å². The highest BCUT2D eigenvalue weighted by atomic mass is 16.7. The normalized spacial score (nSPS) is 23.5. The summed E-state index contributed by atoms with van der Waals surface area (Å²) in [6.45, 7) is 3.17. The number of ether oxygens (including phenoxy) is 2. The van der Waals surface area contributed by atoms with Gasteiger partial charge in [-0.25, -0.2) is 0 Å². The van der Waals surface area contributed by atoms with Crippen molar-refractivity contribution in [2.24, 2.45) is 0 Å². The molecule has 0 radical (unpaired) electrons. The first-order chi connectivity index (χ1) is 22.3. The van der Waals surface area contributed by atoms with Gasteiger partial charge in [-0.2, -0.15) is 0 Å². The smallest absolute Gasteiger partial charge is 0.220 e. The second-order valence-electron chi connectivity index (χ2n) is 12.6. The fourth-order valence-electron chi connectivity index (χ4n) is 5.44. The topological polar surface area (TPSA) is 149 Å². The van der Waals surface area contributed by atoms with Gasteiger partial charge in [0.25, 0.3) is 0 Å². The molecule has 0 aromatic carbocycles. The summed E-state index contributed by atoms with van der Waals surface area (Å²) in [6, 6.07) is -0.821. The van der Waals surface area contributed by atoms with Crippen LogP contribution in [0.3, 0.4) is 0 Å². The summed E-state index contributed by atoms with van der Waals surface area (Å²) in [4.78, 5) is 12.0. The van der Waals surface area contributed by atoms with Crippen LogP contribution in [0, 0.1) is 0 Å². The number of unbranched alkanes of at least 4 members (excludes halogenated alkanes) is 15. The van der Waals surface area contributed by atoms with Crippen LogP contribution in [0.5, 0.6) is 0 Å². The van der Waals surface area contributed by atoms with Crippen molar-refractivity contribution < 1.29 is 39.8 Å². The predicted octanol–water partition coefficient (Wildman–Crippen LogP) is 5.77. The van der Waals surface area contributed by atoms with Crippen molar-refractivity contribution in [3.63, 3.8) is 0 Å². The van der Waals surface area contributed by atoms with E-state index in [-0.39, 0.29) is 18.9 Å². The van der Waals surface area contributed by atoms with Crippen molar-refractivity contribution in [1.29, 1.82) is 0 Å². The van der Waals surface area contributed by atoms with E-state index in [4.69, 9.17) is 9.47 Å². The van der Waals surface area contributed by atoms with Crippen molar-refractivity contribution >= 4 is 5.91 Å². The highest BCUT2D eigenvalue weighted by molar-refractivity contribution is 5.75. The summed E-state index contributed by atoms with van der Waals surface area (Å²) in [6.07, 6.45) is 27.2. The zero-order valence-corrected chi connectivity index (χ0v) is 28.8. The Labute approximate surface area is 279 Å². The van der Waals surface area contributed by atoms with Crippen LogP contribution in [0.25, 0.3) is 0 Å². The van der Waals surface area contributed by atoms with Crippen molar-refractivity contribution in [1.82, 2.24) is 5.32 Å². The lowest BCUT2D eigenvalue weighted by Crippen LogP contribution is -2.60. The second kappa shape index (κ2) is 28.4. The Kier molecular flexibility index (Phi) is 26.2. The summed E-state index contributed by atoms with van der Waals surface area (Å²) in [5, 5.41) is 52.8. The Morgan fingerprint density at radius 3 is 1.74 bits per heavy atom. The van der Waals surface area contributed by atoms with E-state index in [1.165, 1.54) is 89.9 Å². The maximum Gasteiger partial charge on any atom is 0.220 e. The maximum atomic E-state index is 12.0. The lowest BCUT2D eigenvalue weighted by atomic mass is 9.99. The van der Waals surface area contributed by atoms with Crippen molar-refractivity contribution in [3.05, 3.63) is 36.5 Å². The van der Waals surface area contributed by atoms with Crippen LogP contribution in [-0.2, 0) is 14.3 Å². The summed E-state index contributed by atoms with van der Waals surface area (Å²) in [5.74, 6) is -0.281. The van der Waals surface area contributed by atoms with E-state index in [0.29, 0.717) is 0 Å². The molecule has 0 aliphatic carbocycles. The lowest BCUT2D eigenvalue weighted by molar-refractivity contribution is -0.302. The van der Waals surface area contributed by atoms with Gasteiger partial charge in [0.2, 0.25) is 5.91 Å². The van der Waals surface area contributed by atoms with E-state index in [1.807, 2.05) is 6.08 Å². The van der Waals surface area contributed by atoms with Gasteiger partial charge in [0.1, 0.15) is 24.4 Å². The average molecular weight is 654 g/mol. The maximum absolute atomic E-state index is 12.0. The van der Waals surface area contributed by atoms with Crippen molar-refractivity contribution in [3.8, 4) is 0 Å². The minimum absolute atomic E-state index is 0.215. The lowest BCUT2D eigenvalue weighted by Gasteiger charge is -2.40. The molecule has 1 amide bonds. The van der Waals surface area contributed by atoms with Crippen LogP contribution in [0.15, 0.2) is 36.5 Å². The Morgan fingerprint density at radius 2 is 1.22 bits per heavy atom. The molecule has 1 heterocycles. The molecule has 9 heteroatoms. The Morgan fingerprint density at radius 1 is 0.717 bits per heavy atom. The van der Waals surface area contributed by atoms with Gasteiger partial charge >= 0.3 is 0 Å². The molecule has 7 unspecified atom stereocenters. The number of aliphatic hydroxyl groups is 5. The van der Waals surface area contributed by atoms with Crippen LogP contribution in [0.1, 0.15) is 136 Å². The van der Waals surface area contributed by atoms with Crippen LogP contribution in [0.4, 0.5) is 0 Å². The zero-order chi connectivity index (χ0) is 33.8. The van der Waals surface area contributed by atoms with E-state index >= 15 is 0 Å². The number of allylic oxidation sites excluding steroid dienone is 5. The first kappa shape index (κ1) is 42.4. The summed E-state index contributed by atoms with van der Waals surface area (Å²) < 4.78 is 10.9. The number of carbonyl (C=O) groups excluding carboxylic acids is 1.